The zero-order valence-corrected chi connectivity index (χ0v) is 14.2. The van der Waals surface area contributed by atoms with Crippen LogP contribution >= 0.6 is 12.4 Å². The van der Waals surface area contributed by atoms with E-state index in [0.29, 0.717) is 17.3 Å². The van der Waals surface area contributed by atoms with Gasteiger partial charge in [-0.1, -0.05) is 27.7 Å². The minimum Gasteiger partial charge on any atom is -0.404 e. The molecule has 5 atom stereocenters. The lowest BCUT2D eigenvalue weighted by Crippen LogP contribution is -2.63. The summed E-state index contributed by atoms with van der Waals surface area (Å²) in [6, 6.07) is 0. The molecule has 5 heteroatoms. The van der Waals surface area contributed by atoms with Crippen LogP contribution in [-0.4, -0.2) is 24.8 Å². The Kier molecular flexibility index (Phi) is 4.28. The molecule has 3 nitrogen and oxygen atoms in total. The molecule has 0 aromatic rings. The molecule has 3 saturated carbocycles. The van der Waals surface area contributed by atoms with Gasteiger partial charge < -0.3 is 15.0 Å². The van der Waals surface area contributed by atoms with E-state index in [4.69, 9.17) is 15.0 Å². The minimum atomic E-state index is -0.201. The number of halogens is 1. The SMILES string of the molecule is CC(C)C[C@H](N)B1O[C@@H]2[C@@H]3CC(C[C@]2(C)O1)C3(C)C.Cl. The second-order valence-electron chi connectivity index (χ2n) is 8.21. The first kappa shape index (κ1) is 16.6. The number of hydrogen-bond donors (Lipinski definition) is 1. The zero-order chi connectivity index (χ0) is 14.0. The molecular formula is C15H29BClNO2. The van der Waals surface area contributed by atoms with Crippen molar-refractivity contribution >= 4 is 19.5 Å². The van der Waals surface area contributed by atoms with Gasteiger partial charge in [-0.05, 0) is 49.4 Å². The predicted octanol–water partition coefficient (Wildman–Crippen LogP) is 3.05. The van der Waals surface area contributed by atoms with Gasteiger partial charge in [-0.25, -0.2) is 0 Å². The zero-order valence-electron chi connectivity index (χ0n) is 13.4. The highest BCUT2D eigenvalue weighted by Crippen LogP contribution is 2.64. The molecule has 0 aromatic heterocycles. The number of nitrogens with two attached hydrogens (primary N) is 1. The molecular weight excluding hydrogens is 272 g/mol. The van der Waals surface area contributed by atoms with Gasteiger partial charge in [-0.3, -0.25) is 0 Å². The average Bonchev–Trinajstić information content (AvgIpc) is 2.64. The summed E-state index contributed by atoms with van der Waals surface area (Å²) in [7, 11) is -0.201. The van der Waals surface area contributed by atoms with Crippen molar-refractivity contribution in [3.8, 4) is 0 Å². The molecule has 1 heterocycles. The highest BCUT2D eigenvalue weighted by Gasteiger charge is 2.67. The topological polar surface area (TPSA) is 44.5 Å². The van der Waals surface area contributed by atoms with Crippen molar-refractivity contribution in [1.29, 1.82) is 0 Å². The Labute approximate surface area is 129 Å². The Bertz CT molecular complexity index is 379. The van der Waals surface area contributed by atoms with Crippen molar-refractivity contribution in [2.45, 2.75) is 71.5 Å². The van der Waals surface area contributed by atoms with E-state index in [0.717, 1.165) is 18.8 Å². The van der Waals surface area contributed by atoms with Gasteiger partial charge in [0.25, 0.3) is 0 Å². The molecule has 0 amide bonds. The fraction of sp³-hybridized carbons (Fsp3) is 1.00. The summed E-state index contributed by atoms with van der Waals surface area (Å²) in [5.41, 5.74) is 6.60. The molecule has 0 aromatic carbocycles. The first-order chi connectivity index (χ1) is 8.74. The summed E-state index contributed by atoms with van der Waals surface area (Å²) in [5.74, 6) is 2.03. The predicted molar refractivity (Wildman–Crippen MR) is 84.8 cm³/mol. The van der Waals surface area contributed by atoms with Gasteiger partial charge in [0.2, 0.25) is 0 Å². The van der Waals surface area contributed by atoms with E-state index >= 15 is 0 Å². The van der Waals surface area contributed by atoms with Crippen LogP contribution in [0.3, 0.4) is 0 Å². The molecule has 0 radical (unpaired) electrons. The number of rotatable bonds is 3. The second-order valence-corrected chi connectivity index (χ2v) is 8.21. The first-order valence-electron chi connectivity index (χ1n) is 7.83. The van der Waals surface area contributed by atoms with Gasteiger partial charge in [-0.2, -0.15) is 0 Å². The van der Waals surface area contributed by atoms with Crippen LogP contribution in [0.25, 0.3) is 0 Å². The van der Waals surface area contributed by atoms with Crippen LogP contribution in [0.1, 0.15) is 53.9 Å². The van der Waals surface area contributed by atoms with Crippen molar-refractivity contribution in [2.75, 3.05) is 0 Å². The van der Waals surface area contributed by atoms with Crippen LogP contribution in [0.15, 0.2) is 0 Å². The third-order valence-electron chi connectivity index (χ3n) is 5.92. The Morgan fingerprint density at radius 1 is 1.30 bits per heavy atom. The van der Waals surface area contributed by atoms with Crippen LogP contribution < -0.4 is 5.73 Å². The molecule has 4 fully saturated rings. The van der Waals surface area contributed by atoms with Crippen LogP contribution in [0, 0.1) is 23.2 Å². The van der Waals surface area contributed by atoms with E-state index in [2.05, 4.69) is 34.6 Å². The average molecular weight is 302 g/mol. The summed E-state index contributed by atoms with van der Waals surface area (Å²) in [6.07, 6.45) is 3.65. The molecule has 4 aliphatic rings. The molecule has 1 saturated heterocycles. The van der Waals surface area contributed by atoms with Crippen molar-refractivity contribution in [2.24, 2.45) is 28.9 Å². The van der Waals surface area contributed by atoms with Crippen molar-refractivity contribution in [1.82, 2.24) is 0 Å². The third kappa shape index (κ3) is 2.33. The Hall–Kier alpha value is 0.235. The maximum Gasteiger partial charge on any atom is 0.475 e. The quantitative estimate of drug-likeness (QED) is 0.815. The lowest BCUT2D eigenvalue weighted by atomic mass is 9.45. The van der Waals surface area contributed by atoms with E-state index < -0.39 is 0 Å². The van der Waals surface area contributed by atoms with Crippen LogP contribution in [0.4, 0.5) is 0 Å². The summed E-state index contributed by atoms with van der Waals surface area (Å²) in [5, 5.41) is 0. The van der Waals surface area contributed by atoms with Gasteiger partial charge in [0.15, 0.2) is 0 Å². The van der Waals surface area contributed by atoms with E-state index in [1.807, 2.05) is 0 Å². The maximum absolute atomic E-state index is 6.27. The lowest BCUT2D eigenvalue weighted by Gasteiger charge is -2.63. The van der Waals surface area contributed by atoms with E-state index in [1.165, 1.54) is 6.42 Å². The van der Waals surface area contributed by atoms with Crippen molar-refractivity contribution < 1.29 is 9.31 Å². The van der Waals surface area contributed by atoms with E-state index in [9.17, 15) is 0 Å². The summed E-state index contributed by atoms with van der Waals surface area (Å²) in [6.45, 7) is 11.4. The van der Waals surface area contributed by atoms with Crippen molar-refractivity contribution in [3.63, 3.8) is 0 Å². The van der Waals surface area contributed by atoms with Crippen molar-refractivity contribution in [3.05, 3.63) is 0 Å². The third-order valence-corrected chi connectivity index (χ3v) is 5.92. The second kappa shape index (κ2) is 5.15. The Morgan fingerprint density at radius 3 is 2.50 bits per heavy atom. The molecule has 4 rings (SSSR count). The molecule has 2 bridgehead atoms. The highest BCUT2D eigenvalue weighted by molar-refractivity contribution is 6.47. The maximum atomic E-state index is 6.27. The van der Waals surface area contributed by atoms with Crippen LogP contribution in [0.5, 0.6) is 0 Å². The monoisotopic (exact) mass is 301 g/mol. The van der Waals surface area contributed by atoms with E-state index in [1.54, 1.807) is 0 Å². The van der Waals surface area contributed by atoms with Gasteiger partial charge in [-0.15, -0.1) is 12.4 Å². The molecule has 0 spiro atoms. The molecule has 116 valence electrons. The standard InChI is InChI=1S/C15H28BNO2.ClH/c1-9(2)6-12(17)16-18-13-11-7-10(14(11,3)4)8-15(13,5)19-16;/h9-13H,6-8,17H2,1-5H3;1H/t10?,11-,12-,13+,15-;/m0./s1. The minimum absolute atomic E-state index is 0. The van der Waals surface area contributed by atoms with Gasteiger partial charge in [0.1, 0.15) is 0 Å². The molecule has 20 heavy (non-hydrogen) atoms. The lowest BCUT2D eigenvalue weighted by molar-refractivity contribution is -0.185. The highest BCUT2D eigenvalue weighted by atomic mass is 35.5. The Morgan fingerprint density at radius 2 is 1.95 bits per heavy atom. The smallest absolute Gasteiger partial charge is 0.404 e. The molecule has 3 aliphatic carbocycles. The normalized spacial score (nSPS) is 42.8. The molecule has 1 unspecified atom stereocenters. The van der Waals surface area contributed by atoms with Gasteiger partial charge in [0, 0.05) is 5.94 Å². The Balaban J connectivity index is 0.00000147. The summed E-state index contributed by atoms with van der Waals surface area (Å²) in [4.78, 5) is 0. The van der Waals surface area contributed by atoms with Gasteiger partial charge in [0.05, 0.1) is 11.7 Å². The van der Waals surface area contributed by atoms with Gasteiger partial charge >= 0.3 is 7.12 Å². The molecule has 1 aliphatic heterocycles. The summed E-state index contributed by atoms with van der Waals surface area (Å²) >= 11 is 0. The fourth-order valence-corrected chi connectivity index (χ4v) is 4.58. The largest absolute Gasteiger partial charge is 0.475 e. The first-order valence-corrected chi connectivity index (χ1v) is 7.83. The fourth-order valence-electron chi connectivity index (χ4n) is 4.58. The number of hydrogen-bond acceptors (Lipinski definition) is 3. The van der Waals surface area contributed by atoms with Crippen LogP contribution in [0.2, 0.25) is 0 Å². The van der Waals surface area contributed by atoms with Crippen LogP contribution in [-0.2, 0) is 9.31 Å². The molecule has 2 N–H and O–H groups in total. The summed E-state index contributed by atoms with van der Waals surface area (Å²) < 4.78 is 12.5. The van der Waals surface area contributed by atoms with E-state index in [-0.39, 0.29) is 37.2 Å².